The van der Waals surface area contributed by atoms with Crippen molar-refractivity contribution in [2.75, 3.05) is 5.75 Å². The minimum absolute atomic E-state index is 0.0243. The van der Waals surface area contributed by atoms with Crippen LogP contribution in [0, 0.1) is 5.82 Å². The summed E-state index contributed by atoms with van der Waals surface area (Å²) in [4.78, 5) is 11.9. The number of thioether (sulfide) groups is 1. The average molecular weight is 338 g/mol. The van der Waals surface area contributed by atoms with E-state index >= 15 is 0 Å². The maximum atomic E-state index is 12.9. The Bertz CT molecular complexity index is 636. The molecule has 0 aromatic heterocycles. The molecule has 0 aliphatic rings. The summed E-state index contributed by atoms with van der Waals surface area (Å²) in [6.45, 7) is 1.95. The molecule has 2 rings (SSSR count). The van der Waals surface area contributed by atoms with Gasteiger partial charge in [-0.15, -0.1) is 11.8 Å². The maximum absolute atomic E-state index is 12.9. The molecule has 5 heteroatoms. The van der Waals surface area contributed by atoms with Crippen LogP contribution in [0.1, 0.15) is 24.1 Å². The molecule has 1 N–H and O–H groups in total. The molecule has 0 saturated carbocycles. The van der Waals surface area contributed by atoms with Crippen molar-refractivity contribution in [2.45, 2.75) is 18.7 Å². The zero-order valence-electron chi connectivity index (χ0n) is 12.2. The number of benzene rings is 2. The highest BCUT2D eigenvalue weighted by molar-refractivity contribution is 7.99. The number of hydrogen-bond acceptors (Lipinski definition) is 2. The zero-order valence-corrected chi connectivity index (χ0v) is 13.8. The van der Waals surface area contributed by atoms with Crippen molar-refractivity contribution in [1.29, 1.82) is 0 Å². The molecule has 0 aliphatic heterocycles. The van der Waals surface area contributed by atoms with E-state index < -0.39 is 0 Å². The largest absolute Gasteiger partial charge is 0.349 e. The lowest BCUT2D eigenvalue weighted by Gasteiger charge is -2.14. The summed E-state index contributed by atoms with van der Waals surface area (Å²) in [5.41, 5.74) is 1.90. The summed E-state index contributed by atoms with van der Waals surface area (Å²) in [6.07, 6.45) is 0. The minimum atomic E-state index is -0.354. The summed E-state index contributed by atoms with van der Waals surface area (Å²) in [6, 6.07) is 14.1. The Labute approximate surface area is 139 Å². The van der Waals surface area contributed by atoms with Gasteiger partial charge in [0.1, 0.15) is 5.82 Å². The fourth-order valence-electron chi connectivity index (χ4n) is 2.00. The first-order chi connectivity index (χ1) is 10.6. The van der Waals surface area contributed by atoms with Gasteiger partial charge in [-0.1, -0.05) is 48.0 Å². The molecule has 0 spiro atoms. The number of carbonyl (C=O) groups excluding carboxylic acids is 1. The minimum Gasteiger partial charge on any atom is -0.349 e. The highest BCUT2D eigenvalue weighted by Gasteiger charge is 2.10. The first kappa shape index (κ1) is 16.8. The van der Waals surface area contributed by atoms with E-state index in [0.29, 0.717) is 16.5 Å². The second-order valence-corrected chi connectivity index (χ2v) is 6.32. The number of nitrogens with one attached hydrogen (secondary N) is 1. The Kier molecular flexibility index (Phi) is 6.28. The summed E-state index contributed by atoms with van der Waals surface area (Å²) in [5.74, 6) is 0.532. The average Bonchev–Trinajstić information content (AvgIpc) is 2.50. The van der Waals surface area contributed by atoms with Gasteiger partial charge in [-0.05, 0) is 30.2 Å². The van der Waals surface area contributed by atoms with Crippen molar-refractivity contribution in [3.05, 3.63) is 70.5 Å². The summed E-state index contributed by atoms with van der Waals surface area (Å²) < 4.78 is 12.9. The molecular formula is C17H17ClFNOS. The maximum Gasteiger partial charge on any atom is 0.230 e. The SMILES string of the molecule is CC(NC(=O)CSCc1ccc(F)cc1Cl)c1ccccc1. The number of halogens is 2. The summed E-state index contributed by atoms with van der Waals surface area (Å²) >= 11 is 7.41. The first-order valence-corrected chi connectivity index (χ1v) is 8.45. The monoisotopic (exact) mass is 337 g/mol. The van der Waals surface area contributed by atoms with Crippen molar-refractivity contribution in [2.24, 2.45) is 0 Å². The van der Waals surface area contributed by atoms with Gasteiger partial charge in [0.05, 0.1) is 11.8 Å². The van der Waals surface area contributed by atoms with E-state index in [1.807, 2.05) is 37.3 Å². The Morgan fingerprint density at radius 3 is 2.68 bits per heavy atom. The van der Waals surface area contributed by atoms with Gasteiger partial charge in [0.2, 0.25) is 5.91 Å². The van der Waals surface area contributed by atoms with E-state index in [-0.39, 0.29) is 17.8 Å². The third-order valence-electron chi connectivity index (χ3n) is 3.18. The van der Waals surface area contributed by atoms with Crippen LogP contribution in [0.15, 0.2) is 48.5 Å². The molecule has 0 radical (unpaired) electrons. The fraction of sp³-hybridized carbons (Fsp3) is 0.235. The standard InChI is InChI=1S/C17H17ClFNOS/c1-12(13-5-3-2-4-6-13)20-17(21)11-22-10-14-7-8-15(19)9-16(14)18/h2-9,12H,10-11H2,1H3,(H,20,21). The van der Waals surface area contributed by atoms with E-state index in [1.54, 1.807) is 6.07 Å². The molecule has 0 fully saturated rings. The van der Waals surface area contributed by atoms with Crippen molar-refractivity contribution < 1.29 is 9.18 Å². The third-order valence-corrected chi connectivity index (χ3v) is 4.52. The molecule has 0 bridgehead atoms. The van der Waals surface area contributed by atoms with Crippen LogP contribution in [-0.4, -0.2) is 11.7 Å². The van der Waals surface area contributed by atoms with Crippen LogP contribution in [0.5, 0.6) is 0 Å². The van der Waals surface area contributed by atoms with Crippen LogP contribution in [0.2, 0.25) is 5.02 Å². The van der Waals surface area contributed by atoms with Crippen molar-refractivity contribution in [3.63, 3.8) is 0 Å². The number of carbonyl (C=O) groups is 1. The summed E-state index contributed by atoms with van der Waals surface area (Å²) in [5, 5.41) is 3.35. The van der Waals surface area contributed by atoms with Gasteiger partial charge in [0.25, 0.3) is 0 Å². The molecule has 22 heavy (non-hydrogen) atoms. The van der Waals surface area contributed by atoms with Crippen LogP contribution >= 0.6 is 23.4 Å². The van der Waals surface area contributed by atoms with Gasteiger partial charge in [-0.25, -0.2) is 4.39 Å². The molecule has 1 unspecified atom stereocenters. The van der Waals surface area contributed by atoms with E-state index in [1.165, 1.54) is 23.9 Å². The molecule has 1 amide bonds. The van der Waals surface area contributed by atoms with E-state index in [4.69, 9.17) is 11.6 Å². The molecular weight excluding hydrogens is 321 g/mol. The Balaban J connectivity index is 1.78. The van der Waals surface area contributed by atoms with Crippen molar-refractivity contribution >= 4 is 29.3 Å². The van der Waals surface area contributed by atoms with Crippen molar-refractivity contribution in [3.8, 4) is 0 Å². The Morgan fingerprint density at radius 1 is 1.27 bits per heavy atom. The molecule has 2 aromatic carbocycles. The van der Waals surface area contributed by atoms with Crippen LogP contribution in [0.4, 0.5) is 4.39 Å². The van der Waals surface area contributed by atoms with E-state index in [2.05, 4.69) is 5.32 Å². The predicted octanol–water partition coefficient (Wildman–Crippen LogP) is 4.59. The van der Waals surface area contributed by atoms with Crippen LogP contribution in [0.25, 0.3) is 0 Å². The molecule has 2 nitrogen and oxygen atoms in total. The van der Waals surface area contributed by atoms with Crippen molar-refractivity contribution in [1.82, 2.24) is 5.32 Å². The predicted molar refractivity (Wildman–Crippen MR) is 90.6 cm³/mol. The second kappa shape index (κ2) is 8.20. The number of hydrogen-bond donors (Lipinski definition) is 1. The van der Waals surface area contributed by atoms with E-state index in [9.17, 15) is 9.18 Å². The number of rotatable bonds is 6. The smallest absolute Gasteiger partial charge is 0.230 e. The van der Waals surface area contributed by atoms with Gasteiger partial charge in [-0.2, -0.15) is 0 Å². The Morgan fingerprint density at radius 2 is 2.00 bits per heavy atom. The van der Waals surface area contributed by atoms with Gasteiger partial charge in [-0.3, -0.25) is 4.79 Å². The molecule has 0 aliphatic carbocycles. The van der Waals surface area contributed by atoms with E-state index in [0.717, 1.165) is 11.1 Å². The number of amides is 1. The van der Waals surface area contributed by atoms with Gasteiger partial charge in [0, 0.05) is 10.8 Å². The molecule has 2 aromatic rings. The quantitative estimate of drug-likeness (QED) is 0.835. The van der Waals surface area contributed by atoms with Crippen LogP contribution in [-0.2, 0) is 10.5 Å². The molecule has 0 saturated heterocycles. The van der Waals surface area contributed by atoms with Crippen LogP contribution < -0.4 is 5.32 Å². The lowest BCUT2D eigenvalue weighted by atomic mass is 10.1. The lowest BCUT2D eigenvalue weighted by molar-refractivity contribution is -0.119. The van der Waals surface area contributed by atoms with Crippen LogP contribution in [0.3, 0.4) is 0 Å². The molecule has 116 valence electrons. The molecule has 0 heterocycles. The molecule has 1 atom stereocenters. The fourth-order valence-corrected chi connectivity index (χ4v) is 3.16. The normalized spacial score (nSPS) is 12.0. The van der Waals surface area contributed by atoms with Gasteiger partial charge in [0.15, 0.2) is 0 Å². The first-order valence-electron chi connectivity index (χ1n) is 6.92. The third kappa shape index (κ3) is 5.04. The second-order valence-electron chi connectivity index (χ2n) is 4.93. The van der Waals surface area contributed by atoms with Gasteiger partial charge < -0.3 is 5.32 Å². The Hall–Kier alpha value is -1.52. The topological polar surface area (TPSA) is 29.1 Å². The van der Waals surface area contributed by atoms with Gasteiger partial charge >= 0.3 is 0 Å². The zero-order chi connectivity index (χ0) is 15.9. The highest BCUT2D eigenvalue weighted by atomic mass is 35.5. The lowest BCUT2D eigenvalue weighted by Crippen LogP contribution is -2.28. The summed E-state index contributed by atoms with van der Waals surface area (Å²) in [7, 11) is 0. The highest BCUT2D eigenvalue weighted by Crippen LogP contribution is 2.22.